The summed E-state index contributed by atoms with van der Waals surface area (Å²) in [4.78, 5) is 14.8. The maximum absolute atomic E-state index is 12.9. The minimum Gasteiger partial charge on any atom is -0.494 e. The van der Waals surface area contributed by atoms with Gasteiger partial charge in [-0.15, -0.1) is 0 Å². The van der Waals surface area contributed by atoms with Crippen LogP contribution in [0.3, 0.4) is 0 Å². The molecule has 3 atom stereocenters. The second kappa shape index (κ2) is 8.86. The van der Waals surface area contributed by atoms with Crippen molar-refractivity contribution in [1.29, 1.82) is 0 Å². The van der Waals surface area contributed by atoms with Crippen LogP contribution >= 0.6 is 0 Å². The van der Waals surface area contributed by atoms with Crippen molar-refractivity contribution in [2.24, 2.45) is 17.6 Å². The summed E-state index contributed by atoms with van der Waals surface area (Å²) < 4.78 is 5.73. The van der Waals surface area contributed by atoms with Crippen LogP contribution in [-0.4, -0.2) is 37.0 Å². The van der Waals surface area contributed by atoms with Gasteiger partial charge < -0.3 is 15.4 Å². The van der Waals surface area contributed by atoms with Crippen molar-refractivity contribution in [3.05, 3.63) is 66.2 Å². The number of ether oxygens (including phenoxy) is 1. The van der Waals surface area contributed by atoms with E-state index in [1.165, 1.54) is 5.56 Å². The number of carbonyl (C=O) groups excluding carboxylic acids is 1. The van der Waals surface area contributed by atoms with Crippen molar-refractivity contribution in [2.45, 2.75) is 19.3 Å². The number of nitrogens with two attached hydrogens (primary N) is 1. The van der Waals surface area contributed by atoms with E-state index in [1.807, 2.05) is 48.2 Å². The first kappa shape index (κ1) is 18.5. The molecule has 0 spiro atoms. The van der Waals surface area contributed by atoms with Gasteiger partial charge in [-0.25, -0.2) is 0 Å². The van der Waals surface area contributed by atoms with Crippen LogP contribution in [0.4, 0.5) is 0 Å². The molecule has 1 unspecified atom stereocenters. The summed E-state index contributed by atoms with van der Waals surface area (Å²) in [5.74, 6) is 1.66. The van der Waals surface area contributed by atoms with Crippen LogP contribution in [0.2, 0.25) is 0 Å². The average Bonchev–Trinajstić information content (AvgIpc) is 3.13. The Morgan fingerprint density at radius 2 is 1.77 bits per heavy atom. The Labute approximate surface area is 156 Å². The van der Waals surface area contributed by atoms with Crippen LogP contribution in [0.1, 0.15) is 24.8 Å². The second-order valence-electron chi connectivity index (χ2n) is 7.11. The number of carbonyl (C=O) groups is 1. The van der Waals surface area contributed by atoms with Crippen LogP contribution in [0, 0.1) is 11.8 Å². The number of amides is 1. The van der Waals surface area contributed by atoms with E-state index in [1.54, 1.807) is 0 Å². The van der Waals surface area contributed by atoms with Crippen molar-refractivity contribution in [3.63, 3.8) is 0 Å². The molecule has 2 aromatic carbocycles. The maximum Gasteiger partial charge on any atom is 0.225 e. The SMILES string of the molecule is CC(CCOc1ccccc1)C(=O)N1C[C@@H](CN)[C@H](c2ccccc2)C1. The number of para-hydroxylation sites is 1. The van der Waals surface area contributed by atoms with Gasteiger partial charge in [-0.3, -0.25) is 4.79 Å². The van der Waals surface area contributed by atoms with E-state index in [0.717, 1.165) is 18.8 Å². The van der Waals surface area contributed by atoms with Crippen LogP contribution < -0.4 is 10.5 Å². The summed E-state index contributed by atoms with van der Waals surface area (Å²) in [6.07, 6.45) is 0.716. The molecule has 1 aliphatic rings. The Hall–Kier alpha value is -2.33. The van der Waals surface area contributed by atoms with E-state index in [0.29, 0.717) is 31.4 Å². The van der Waals surface area contributed by atoms with Gasteiger partial charge in [0.15, 0.2) is 0 Å². The zero-order valence-corrected chi connectivity index (χ0v) is 15.4. The molecule has 1 fully saturated rings. The first-order valence-corrected chi connectivity index (χ1v) is 9.40. The molecule has 1 saturated heterocycles. The molecule has 2 N–H and O–H groups in total. The van der Waals surface area contributed by atoms with E-state index in [9.17, 15) is 4.79 Å². The molecule has 2 aromatic rings. The largest absolute Gasteiger partial charge is 0.494 e. The molecule has 1 amide bonds. The van der Waals surface area contributed by atoms with Gasteiger partial charge in [-0.05, 0) is 36.6 Å². The number of likely N-dealkylation sites (tertiary alicyclic amines) is 1. The van der Waals surface area contributed by atoms with Crippen LogP contribution in [0.25, 0.3) is 0 Å². The maximum atomic E-state index is 12.9. The summed E-state index contributed by atoms with van der Waals surface area (Å²) in [6, 6.07) is 20.1. The molecule has 4 nitrogen and oxygen atoms in total. The molecular formula is C22H28N2O2. The normalized spacial score (nSPS) is 20.8. The summed E-state index contributed by atoms with van der Waals surface area (Å²) in [6.45, 7) is 4.65. The summed E-state index contributed by atoms with van der Waals surface area (Å²) >= 11 is 0. The Bertz CT molecular complexity index is 690. The molecule has 0 aromatic heterocycles. The van der Waals surface area contributed by atoms with E-state index in [2.05, 4.69) is 24.3 Å². The van der Waals surface area contributed by atoms with Gasteiger partial charge >= 0.3 is 0 Å². The van der Waals surface area contributed by atoms with Crippen molar-refractivity contribution in [1.82, 2.24) is 4.90 Å². The summed E-state index contributed by atoms with van der Waals surface area (Å²) in [5.41, 5.74) is 7.26. The lowest BCUT2D eigenvalue weighted by Gasteiger charge is -2.21. The van der Waals surface area contributed by atoms with Crippen molar-refractivity contribution < 1.29 is 9.53 Å². The lowest BCUT2D eigenvalue weighted by atomic mass is 9.89. The monoisotopic (exact) mass is 352 g/mol. The van der Waals surface area contributed by atoms with Crippen LogP contribution in [0.15, 0.2) is 60.7 Å². The third-order valence-electron chi connectivity index (χ3n) is 5.27. The number of nitrogens with zero attached hydrogens (tertiary/aromatic N) is 1. The minimum absolute atomic E-state index is 0.0494. The van der Waals surface area contributed by atoms with Gasteiger partial charge in [0.1, 0.15) is 5.75 Å². The van der Waals surface area contributed by atoms with Gasteiger partial charge in [0.25, 0.3) is 0 Å². The molecular weight excluding hydrogens is 324 g/mol. The smallest absolute Gasteiger partial charge is 0.225 e. The fraction of sp³-hybridized carbons (Fsp3) is 0.409. The van der Waals surface area contributed by atoms with Crippen molar-refractivity contribution in [3.8, 4) is 5.75 Å². The highest BCUT2D eigenvalue weighted by atomic mass is 16.5. The van der Waals surface area contributed by atoms with Gasteiger partial charge in [0.2, 0.25) is 5.91 Å². The Morgan fingerprint density at radius 1 is 1.12 bits per heavy atom. The molecule has 0 aliphatic carbocycles. The van der Waals surface area contributed by atoms with Gasteiger partial charge in [-0.2, -0.15) is 0 Å². The molecule has 3 rings (SSSR count). The molecule has 0 radical (unpaired) electrons. The Morgan fingerprint density at radius 3 is 2.42 bits per heavy atom. The predicted octanol–water partition coefficient (Wildman–Crippen LogP) is 3.29. The highest BCUT2D eigenvalue weighted by Crippen LogP contribution is 2.33. The first-order valence-electron chi connectivity index (χ1n) is 9.40. The highest BCUT2D eigenvalue weighted by molar-refractivity contribution is 5.79. The van der Waals surface area contributed by atoms with Crippen LogP contribution in [-0.2, 0) is 4.79 Å². The third-order valence-corrected chi connectivity index (χ3v) is 5.27. The zero-order chi connectivity index (χ0) is 18.4. The highest BCUT2D eigenvalue weighted by Gasteiger charge is 2.36. The summed E-state index contributed by atoms with van der Waals surface area (Å²) in [5, 5.41) is 0. The number of hydrogen-bond donors (Lipinski definition) is 1. The van der Waals surface area contributed by atoms with E-state index >= 15 is 0 Å². The van der Waals surface area contributed by atoms with Crippen molar-refractivity contribution in [2.75, 3.05) is 26.2 Å². The number of rotatable bonds is 7. The fourth-order valence-electron chi connectivity index (χ4n) is 3.67. The molecule has 1 aliphatic heterocycles. The third kappa shape index (κ3) is 4.44. The van der Waals surface area contributed by atoms with E-state index < -0.39 is 0 Å². The van der Waals surface area contributed by atoms with Gasteiger partial charge in [-0.1, -0.05) is 55.5 Å². The molecule has 0 saturated carbocycles. The molecule has 1 heterocycles. The predicted molar refractivity (Wildman–Crippen MR) is 104 cm³/mol. The first-order chi connectivity index (χ1) is 12.7. The van der Waals surface area contributed by atoms with Gasteiger partial charge in [0, 0.05) is 24.9 Å². The lowest BCUT2D eigenvalue weighted by Crippen LogP contribution is -2.34. The minimum atomic E-state index is -0.0494. The molecule has 26 heavy (non-hydrogen) atoms. The lowest BCUT2D eigenvalue weighted by molar-refractivity contribution is -0.134. The van der Waals surface area contributed by atoms with Gasteiger partial charge in [0.05, 0.1) is 6.61 Å². The molecule has 138 valence electrons. The molecule has 4 heteroatoms. The topological polar surface area (TPSA) is 55.6 Å². The van der Waals surface area contributed by atoms with E-state index in [-0.39, 0.29) is 11.8 Å². The second-order valence-corrected chi connectivity index (χ2v) is 7.11. The quantitative estimate of drug-likeness (QED) is 0.832. The number of hydrogen-bond acceptors (Lipinski definition) is 3. The standard InChI is InChI=1S/C22H28N2O2/c1-17(12-13-26-20-10-6-3-7-11-20)22(25)24-15-19(14-23)21(16-24)18-8-4-2-5-9-18/h2-11,17,19,21H,12-16,23H2,1H3/t17?,19-,21+/m1/s1. The van der Waals surface area contributed by atoms with Crippen LogP contribution in [0.5, 0.6) is 5.75 Å². The Kier molecular flexibility index (Phi) is 6.29. The summed E-state index contributed by atoms with van der Waals surface area (Å²) in [7, 11) is 0. The Balaban J connectivity index is 1.54. The fourth-order valence-corrected chi connectivity index (χ4v) is 3.67. The van der Waals surface area contributed by atoms with Crippen molar-refractivity contribution >= 4 is 5.91 Å². The molecule has 0 bridgehead atoms. The average molecular weight is 352 g/mol. The number of benzene rings is 2. The zero-order valence-electron chi connectivity index (χ0n) is 15.4. The van der Waals surface area contributed by atoms with E-state index in [4.69, 9.17) is 10.5 Å².